The molecule has 46 heavy (non-hydrogen) atoms. The van der Waals surface area contributed by atoms with Crippen LogP contribution in [0, 0.1) is 0 Å². The average Bonchev–Trinajstić information content (AvgIpc) is 3.68. The van der Waals surface area contributed by atoms with E-state index in [0.29, 0.717) is 79.2 Å². The van der Waals surface area contributed by atoms with Crippen molar-refractivity contribution in [1.82, 2.24) is 39.0 Å². The van der Waals surface area contributed by atoms with Gasteiger partial charge in [0.1, 0.15) is 41.1 Å². The minimum Gasteiger partial charge on any atom is -0.338 e. The minimum absolute atomic E-state index is 0.158. The molecular weight excluding hydrogens is 621 g/mol. The molecule has 0 amide bonds. The number of fused-ring (bicyclic) bond motifs is 6. The van der Waals surface area contributed by atoms with E-state index in [-0.39, 0.29) is 11.1 Å². The highest BCUT2D eigenvalue weighted by Crippen LogP contribution is 2.32. The number of rotatable bonds is 4. The topological polar surface area (TPSA) is 128 Å². The van der Waals surface area contributed by atoms with Crippen molar-refractivity contribution in [1.29, 1.82) is 0 Å². The summed E-state index contributed by atoms with van der Waals surface area (Å²) in [5.41, 5.74) is 3.49. The Morgan fingerprint density at radius 1 is 0.500 bits per heavy atom. The molecule has 0 radical (unpaired) electrons. The van der Waals surface area contributed by atoms with Crippen molar-refractivity contribution < 1.29 is 0 Å². The van der Waals surface area contributed by atoms with E-state index in [1.54, 1.807) is 33.9 Å². The fourth-order valence-electron chi connectivity index (χ4n) is 5.96. The summed E-state index contributed by atoms with van der Waals surface area (Å²) < 4.78 is 4.38. The van der Waals surface area contributed by atoms with Gasteiger partial charge in [-0.25, -0.2) is 39.0 Å². The van der Waals surface area contributed by atoms with Gasteiger partial charge in [0.15, 0.2) is 0 Å². The van der Waals surface area contributed by atoms with Gasteiger partial charge in [-0.05, 0) is 24.3 Å². The number of aromatic nitrogens is 8. The summed E-state index contributed by atoms with van der Waals surface area (Å²) in [6, 6.07) is 19.1. The van der Waals surface area contributed by atoms with E-state index in [0.717, 1.165) is 11.4 Å². The molecule has 224 valence electrons. The van der Waals surface area contributed by atoms with Crippen molar-refractivity contribution in [3.63, 3.8) is 0 Å². The Hall–Kier alpha value is -5.60. The van der Waals surface area contributed by atoms with Crippen LogP contribution in [0.3, 0.4) is 0 Å². The van der Waals surface area contributed by atoms with E-state index in [2.05, 4.69) is 29.7 Å². The zero-order chi connectivity index (χ0) is 30.8. The molecule has 1 aliphatic heterocycles. The number of anilines is 2. The number of piperazine rings is 1. The minimum atomic E-state index is -0.158. The van der Waals surface area contributed by atoms with Gasteiger partial charge in [-0.2, -0.15) is 0 Å². The molecule has 1 aliphatic rings. The summed E-state index contributed by atoms with van der Waals surface area (Å²) in [5.74, 6) is 1.08. The summed E-state index contributed by atoms with van der Waals surface area (Å²) >= 11 is 2.62. The smallest absolute Gasteiger partial charge is 0.277 e. The molecule has 7 heterocycles. The van der Waals surface area contributed by atoms with Gasteiger partial charge in [-0.15, -0.1) is 22.7 Å². The van der Waals surface area contributed by atoms with Gasteiger partial charge in [0.05, 0.1) is 11.4 Å². The molecule has 6 aromatic heterocycles. The van der Waals surface area contributed by atoms with Gasteiger partial charge in [0.25, 0.3) is 11.1 Å². The first-order valence-corrected chi connectivity index (χ1v) is 16.2. The number of para-hydroxylation sites is 2. The first-order valence-electron chi connectivity index (χ1n) is 14.6. The normalized spacial score (nSPS) is 13.8. The number of hydrogen-bond donors (Lipinski definition) is 0. The Kier molecular flexibility index (Phi) is 6.11. The third-order valence-electron chi connectivity index (χ3n) is 8.10. The first kappa shape index (κ1) is 26.8. The van der Waals surface area contributed by atoms with Crippen molar-refractivity contribution in [3.8, 4) is 11.4 Å². The lowest BCUT2D eigenvalue weighted by atomic mass is 10.3. The number of nitrogens with zero attached hydrogens (tertiary/aromatic N) is 10. The van der Waals surface area contributed by atoms with E-state index < -0.39 is 0 Å². The van der Waals surface area contributed by atoms with Gasteiger partial charge < -0.3 is 9.80 Å². The Labute approximate surface area is 267 Å². The largest absolute Gasteiger partial charge is 0.338 e. The quantitative estimate of drug-likeness (QED) is 0.272. The standard InChI is InChI=1S/C32H22N10O2S2/c43-29-25-21(23-27(45-25)35-13-11-33-23)37-31(41(29)19-7-3-1-4-8-19)39-15-17-40(18-16-39)32-38-22-24-28(36-14-12-34-24)46-26(22)30(44)42(32)20-9-5-2-6-10-20/h1-14H,15-18H2. The second-order valence-electron chi connectivity index (χ2n) is 10.7. The van der Waals surface area contributed by atoms with E-state index >= 15 is 0 Å². The zero-order valence-electron chi connectivity index (χ0n) is 24.0. The highest BCUT2D eigenvalue weighted by Gasteiger charge is 2.28. The lowest BCUT2D eigenvalue weighted by molar-refractivity contribution is 0.615. The van der Waals surface area contributed by atoms with E-state index in [4.69, 9.17) is 9.97 Å². The Morgan fingerprint density at radius 3 is 1.30 bits per heavy atom. The van der Waals surface area contributed by atoms with Crippen LogP contribution in [0.1, 0.15) is 0 Å². The molecule has 0 atom stereocenters. The van der Waals surface area contributed by atoms with E-state index in [9.17, 15) is 9.59 Å². The van der Waals surface area contributed by atoms with Crippen LogP contribution in [0.15, 0.2) is 95.0 Å². The van der Waals surface area contributed by atoms with Gasteiger partial charge in [0.2, 0.25) is 11.9 Å². The maximum atomic E-state index is 14.1. The third kappa shape index (κ3) is 4.10. The molecule has 0 spiro atoms. The van der Waals surface area contributed by atoms with E-state index in [1.165, 1.54) is 22.7 Å². The molecule has 0 aliphatic carbocycles. The molecule has 0 N–H and O–H groups in total. The lowest BCUT2D eigenvalue weighted by Crippen LogP contribution is -2.49. The van der Waals surface area contributed by atoms with Gasteiger partial charge in [0, 0.05) is 51.0 Å². The average molecular weight is 643 g/mol. The highest BCUT2D eigenvalue weighted by atomic mass is 32.1. The molecule has 1 fully saturated rings. The monoisotopic (exact) mass is 642 g/mol. The van der Waals surface area contributed by atoms with Crippen LogP contribution < -0.4 is 20.9 Å². The number of benzene rings is 2. The van der Waals surface area contributed by atoms with E-state index in [1.807, 2.05) is 60.7 Å². The van der Waals surface area contributed by atoms with Crippen LogP contribution in [0.2, 0.25) is 0 Å². The van der Waals surface area contributed by atoms with Crippen molar-refractivity contribution in [2.24, 2.45) is 0 Å². The summed E-state index contributed by atoms with van der Waals surface area (Å²) in [6.07, 6.45) is 6.49. The third-order valence-corrected chi connectivity index (χ3v) is 10.2. The van der Waals surface area contributed by atoms with Crippen LogP contribution in [-0.2, 0) is 0 Å². The predicted octanol–water partition coefficient (Wildman–Crippen LogP) is 4.42. The summed E-state index contributed by atoms with van der Waals surface area (Å²) in [4.78, 5) is 61.7. The summed E-state index contributed by atoms with van der Waals surface area (Å²) in [5, 5.41) is 0. The van der Waals surface area contributed by atoms with Crippen LogP contribution in [0.5, 0.6) is 0 Å². The van der Waals surface area contributed by atoms with Crippen LogP contribution in [0.25, 0.3) is 52.5 Å². The number of thiophene rings is 2. The van der Waals surface area contributed by atoms with Crippen LogP contribution in [0.4, 0.5) is 11.9 Å². The molecule has 0 saturated carbocycles. The summed E-state index contributed by atoms with van der Waals surface area (Å²) in [6.45, 7) is 2.13. The highest BCUT2D eigenvalue weighted by molar-refractivity contribution is 7.25. The lowest BCUT2D eigenvalue weighted by Gasteiger charge is -2.37. The number of hydrogen-bond acceptors (Lipinski definition) is 12. The second-order valence-corrected chi connectivity index (χ2v) is 12.7. The van der Waals surface area contributed by atoms with Gasteiger partial charge in [-0.1, -0.05) is 36.4 Å². The van der Waals surface area contributed by atoms with Crippen LogP contribution >= 0.6 is 22.7 Å². The van der Waals surface area contributed by atoms with Crippen molar-refractivity contribution in [2.45, 2.75) is 0 Å². The van der Waals surface area contributed by atoms with Crippen molar-refractivity contribution in [2.75, 3.05) is 36.0 Å². The predicted molar refractivity (Wildman–Crippen MR) is 181 cm³/mol. The van der Waals surface area contributed by atoms with Gasteiger partial charge in [-0.3, -0.25) is 9.59 Å². The second kappa shape index (κ2) is 10.5. The molecule has 9 rings (SSSR count). The molecule has 0 bridgehead atoms. The molecular formula is C32H22N10O2S2. The molecule has 12 nitrogen and oxygen atoms in total. The van der Waals surface area contributed by atoms with Crippen LogP contribution in [-0.4, -0.2) is 65.2 Å². The molecule has 1 saturated heterocycles. The molecule has 8 aromatic rings. The molecule has 0 unspecified atom stereocenters. The SMILES string of the molecule is O=c1c2sc3nccnc3c2nc(N2CCN(c3nc4c(sc5nccnc54)c(=O)n3-c3ccccc3)CC2)n1-c1ccccc1. The van der Waals surface area contributed by atoms with Crippen molar-refractivity contribution >= 4 is 75.7 Å². The van der Waals surface area contributed by atoms with Crippen molar-refractivity contribution in [3.05, 3.63) is 106 Å². The summed E-state index contributed by atoms with van der Waals surface area (Å²) in [7, 11) is 0. The molecule has 14 heteroatoms. The maximum absolute atomic E-state index is 14.1. The fraction of sp³-hybridized carbons (Fsp3) is 0.125. The maximum Gasteiger partial charge on any atom is 0.277 e. The Balaban J connectivity index is 1.16. The Morgan fingerprint density at radius 2 is 0.891 bits per heavy atom. The van der Waals surface area contributed by atoms with Gasteiger partial charge >= 0.3 is 0 Å². The zero-order valence-corrected chi connectivity index (χ0v) is 25.6. The fourth-order valence-corrected chi connectivity index (χ4v) is 7.90. The molecule has 2 aromatic carbocycles. The Bertz CT molecular complexity index is 2380. The first-order chi connectivity index (χ1) is 22.7.